The summed E-state index contributed by atoms with van der Waals surface area (Å²) < 4.78 is 5.71. The second-order valence-electron chi connectivity index (χ2n) is 7.03. The van der Waals surface area contributed by atoms with Gasteiger partial charge in [0, 0.05) is 18.6 Å². The topological polar surface area (TPSA) is 86.0 Å². The van der Waals surface area contributed by atoms with Crippen LogP contribution in [0.4, 0.5) is 4.79 Å². The van der Waals surface area contributed by atoms with E-state index in [9.17, 15) is 9.59 Å². The van der Waals surface area contributed by atoms with Crippen molar-refractivity contribution in [2.75, 3.05) is 19.6 Å². The van der Waals surface area contributed by atoms with Crippen molar-refractivity contribution in [1.82, 2.24) is 15.1 Å². The molecule has 1 saturated carbocycles. The van der Waals surface area contributed by atoms with E-state index in [4.69, 9.17) is 9.52 Å². The minimum Gasteiger partial charge on any atom is -0.480 e. The highest BCUT2D eigenvalue weighted by Gasteiger charge is 2.38. The molecule has 2 aliphatic rings. The Hall–Kier alpha value is -2.02. The van der Waals surface area contributed by atoms with Crippen molar-refractivity contribution in [3.8, 4) is 0 Å². The third-order valence-corrected chi connectivity index (χ3v) is 5.30. The van der Waals surface area contributed by atoms with Crippen molar-refractivity contribution in [2.24, 2.45) is 0 Å². The van der Waals surface area contributed by atoms with Gasteiger partial charge in [0.15, 0.2) is 0 Å². The van der Waals surface area contributed by atoms with Crippen LogP contribution in [0.25, 0.3) is 0 Å². The molecule has 1 unspecified atom stereocenters. The molecule has 138 valence electrons. The normalized spacial score (nSPS) is 25.9. The Kier molecular flexibility index (Phi) is 5.32. The molecule has 0 aromatic carbocycles. The Bertz CT molecular complexity index is 624. The van der Waals surface area contributed by atoms with Crippen LogP contribution in [0.1, 0.15) is 50.2 Å². The van der Waals surface area contributed by atoms with Crippen LogP contribution < -0.4 is 5.32 Å². The number of carboxylic acid groups (broad SMARTS) is 1. The van der Waals surface area contributed by atoms with E-state index in [1.807, 2.05) is 35.8 Å². The summed E-state index contributed by atoms with van der Waals surface area (Å²) in [5.41, 5.74) is 0. The van der Waals surface area contributed by atoms with Crippen molar-refractivity contribution in [2.45, 2.75) is 57.7 Å². The number of nitrogens with zero attached hydrogens (tertiary/aromatic N) is 2. The average Bonchev–Trinajstić information content (AvgIpc) is 3.16. The van der Waals surface area contributed by atoms with Gasteiger partial charge in [-0.3, -0.25) is 9.69 Å². The van der Waals surface area contributed by atoms with Crippen molar-refractivity contribution in [3.05, 3.63) is 23.7 Å². The van der Waals surface area contributed by atoms with Gasteiger partial charge in [-0.25, -0.2) is 4.79 Å². The van der Waals surface area contributed by atoms with Crippen LogP contribution in [0.15, 0.2) is 16.5 Å². The molecule has 2 N–H and O–H groups in total. The maximum atomic E-state index is 12.6. The number of urea groups is 1. The zero-order valence-corrected chi connectivity index (χ0v) is 14.9. The van der Waals surface area contributed by atoms with Crippen LogP contribution in [-0.2, 0) is 4.79 Å². The van der Waals surface area contributed by atoms with Crippen LogP contribution in [0.5, 0.6) is 0 Å². The summed E-state index contributed by atoms with van der Waals surface area (Å²) in [5.74, 6) is 0.917. The van der Waals surface area contributed by atoms with E-state index in [1.165, 1.54) is 0 Å². The monoisotopic (exact) mass is 349 g/mol. The van der Waals surface area contributed by atoms with Crippen molar-refractivity contribution >= 4 is 12.0 Å². The molecule has 1 atom stereocenters. The molecule has 1 aromatic rings. The lowest BCUT2D eigenvalue weighted by Gasteiger charge is -2.42. The lowest BCUT2D eigenvalue weighted by atomic mass is 9.85. The summed E-state index contributed by atoms with van der Waals surface area (Å²) >= 11 is 0. The Morgan fingerprint density at radius 2 is 2.16 bits per heavy atom. The maximum Gasteiger partial charge on any atom is 0.318 e. The molecule has 25 heavy (non-hydrogen) atoms. The molecule has 7 nitrogen and oxygen atoms in total. The largest absolute Gasteiger partial charge is 0.480 e. The van der Waals surface area contributed by atoms with Gasteiger partial charge in [-0.15, -0.1) is 0 Å². The highest BCUT2D eigenvalue weighted by Crippen LogP contribution is 2.33. The number of aryl methyl sites for hydroxylation is 1. The second-order valence-corrected chi connectivity index (χ2v) is 7.03. The third kappa shape index (κ3) is 3.98. The molecule has 7 heteroatoms. The fraction of sp³-hybridized carbons (Fsp3) is 0.667. The van der Waals surface area contributed by atoms with Crippen LogP contribution in [0.2, 0.25) is 0 Å². The Balaban J connectivity index is 1.51. The summed E-state index contributed by atoms with van der Waals surface area (Å²) in [6, 6.07) is 4.23. The standard InChI is InChI=1S/C18H27N3O4/c1-3-20(11-17(22)23)14-9-13(10-14)19-18(24)21-8-4-5-15(21)16-7-6-12(2)25-16/h6-7,13-15H,3-5,8-11H2,1-2H3,(H,19,24)(H,22,23). The first kappa shape index (κ1) is 17.8. The van der Waals surface area contributed by atoms with Gasteiger partial charge >= 0.3 is 12.0 Å². The molecule has 2 fully saturated rings. The zero-order valence-electron chi connectivity index (χ0n) is 14.9. The predicted molar refractivity (Wildman–Crippen MR) is 92.4 cm³/mol. The minimum atomic E-state index is -0.803. The second kappa shape index (κ2) is 7.47. The third-order valence-electron chi connectivity index (χ3n) is 5.30. The molecule has 2 amide bonds. The molecule has 2 heterocycles. The Morgan fingerprint density at radius 1 is 1.40 bits per heavy atom. The summed E-state index contributed by atoms with van der Waals surface area (Å²) in [4.78, 5) is 27.3. The number of hydrogen-bond donors (Lipinski definition) is 2. The number of furan rings is 1. The molecule has 0 spiro atoms. The first-order valence-electron chi connectivity index (χ1n) is 9.07. The lowest BCUT2D eigenvalue weighted by Crippen LogP contribution is -2.56. The molecular formula is C18H27N3O4. The first-order valence-corrected chi connectivity index (χ1v) is 9.07. The van der Waals surface area contributed by atoms with Gasteiger partial charge in [0.25, 0.3) is 0 Å². The van der Waals surface area contributed by atoms with Crippen molar-refractivity contribution in [3.63, 3.8) is 0 Å². The summed E-state index contributed by atoms with van der Waals surface area (Å²) in [6.45, 7) is 5.40. The van der Waals surface area contributed by atoms with E-state index in [2.05, 4.69) is 5.32 Å². The number of likely N-dealkylation sites (tertiary alicyclic amines) is 1. The van der Waals surface area contributed by atoms with Crippen LogP contribution in [0.3, 0.4) is 0 Å². The quantitative estimate of drug-likeness (QED) is 0.823. The number of nitrogens with one attached hydrogen (secondary N) is 1. The van der Waals surface area contributed by atoms with Gasteiger partial charge in [0.1, 0.15) is 11.5 Å². The first-order chi connectivity index (χ1) is 12.0. The number of likely N-dealkylation sites (N-methyl/N-ethyl adjacent to an activating group) is 1. The number of hydrogen-bond acceptors (Lipinski definition) is 4. The van der Waals surface area contributed by atoms with E-state index in [-0.39, 0.29) is 30.7 Å². The number of aliphatic carboxylic acids is 1. The maximum absolute atomic E-state index is 12.6. The molecule has 1 aromatic heterocycles. The van der Waals surface area contributed by atoms with Gasteiger partial charge in [-0.2, -0.15) is 0 Å². The average molecular weight is 349 g/mol. The van der Waals surface area contributed by atoms with Gasteiger partial charge in [0.2, 0.25) is 0 Å². The summed E-state index contributed by atoms with van der Waals surface area (Å²) in [6.07, 6.45) is 3.53. The Morgan fingerprint density at radius 3 is 2.76 bits per heavy atom. The number of carbonyl (C=O) groups excluding carboxylic acids is 1. The van der Waals surface area contributed by atoms with Gasteiger partial charge in [0.05, 0.1) is 12.6 Å². The molecule has 3 rings (SSSR count). The molecular weight excluding hydrogens is 322 g/mol. The summed E-state index contributed by atoms with van der Waals surface area (Å²) in [7, 11) is 0. The summed E-state index contributed by atoms with van der Waals surface area (Å²) in [5, 5.41) is 12.0. The highest BCUT2D eigenvalue weighted by atomic mass is 16.4. The fourth-order valence-electron chi connectivity index (χ4n) is 3.87. The zero-order chi connectivity index (χ0) is 18.0. The lowest BCUT2D eigenvalue weighted by molar-refractivity contribution is -0.139. The van der Waals surface area contributed by atoms with Gasteiger partial charge in [-0.1, -0.05) is 6.92 Å². The van der Waals surface area contributed by atoms with Crippen LogP contribution in [-0.4, -0.2) is 58.6 Å². The number of amides is 2. The fourth-order valence-corrected chi connectivity index (χ4v) is 3.87. The van der Waals surface area contributed by atoms with Crippen molar-refractivity contribution in [1.29, 1.82) is 0 Å². The van der Waals surface area contributed by atoms with Crippen LogP contribution in [0, 0.1) is 6.92 Å². The van der Waals surface area contributed by atoms with E-state index in [1.54, 1.807) is 0 Å². The molecule has 0 bridgehead atoms. The minimum absolute atomic E-state index is 0.0173. The molecule has 0 radical (unpaired) electrons. The molecule has 1 aliphatic heterocycles. The van der Waals surface area contributed by atoms with E-state index in [0.717, 1.165) is 43.7 Å². The number of carbonyl (C=O) groups is 2. The van der Waals surface area contributed by atoms with Gasteiger partial charge in [-0.05, 0) is 51.3 Å². The highest BCUT2D eigenvalue weighted by molar-refractivity contribution is 5.75. The SMILES string of the molecule is CCN(CC(=O)O)C1CC(NC(=O)N2CCCC2c2ccc(C)o2)C1. The van der Waals surface area contributed by atoms with E-state index < -0.39 is 5.97 Å². The van der Waals surface area contributed by atoms with Gasteiger partial charge < -0.3 is 19.7 Å². The van der Waals surface area contributed by atoms with E-state index in [0.29, 0.717) is 6.54 Å². The van der Waals surface area contributed by atoms with Crippen LogP contribution >= 0.6 is 0 Å². The smallest absolute Gasteiger partial charge is 0.318 e. The van der Waals surface area contributed by atoms with E-state index >= 15 is 0 Å². The molecule has 1 aliphatic carbocycles. The van der Waals surface area contributed by atoms with Crippen molar-refractivity contribution < 1.29 is 19.1 Å². The predicted octanol–water partition coefficient (Wildman–Crippen LogP) is 2.37. The number of rotatable bonds is 6. The Labute approximate surface area is 148 Å². The number of carboxylic acids is 1. The molecule has 1 saturated heterocycles.